The lowest BCUT2D eigenvalue weighted by Gasteiger charge is -2.24. The van der Waals surface area contributed by atoms with E-state index in [4.69, 9.17) is 11.6 Å². The van der Waals surface area contributed by atoms with Gasteiger partial charge >= 0.3 is 0 Å². The van der Waals surface area contributed by atoms with Crippen molar-refractivity contribution in [1.29, 1.82) is 0 Å². The van der Waals surface area contributed by atoms with E-state index in [-0.39, 0.29) is 0 Å². The lowest BCUT2D eigenvalue weighted by atomic mass is 10.1. The third-order valence-corrected chi connectivity index (χ3v) is 3.74. The van der Waals surface area contributed by atoms with E-state index in [1.807, 2.05) is 0 Å². The van der Waals surface area contributed by atoms with E-state index in [0.29, 0.717) is 0 Å². The van der Waals surface area contributed by atoms with E-state index in [0.717, 1.165) is 18.5 Å². The molecule has 1 unspecified atom stereocenters. The summed E-state index contributed by atoms with van der Waals surface area (Å²) in [5.41, 5.74) is 2.98. The molecular formula is C12H21ClN2. The van der Waals surface area contributed by atoms with Crippen LogP contribution in [0.4, 0.5) is 0 Å². The van der Waals surface area contributed by atoms with Crippen molar-refractivity contribution < 1.29 is 0 Å². The zero-order valence-corrected chi connectivity index (χ0v) is 10.3. The number of nitrogens with zero attached hydrogens (tertiary/aromatic N) is 1. The molecule has 0 amide bonds. The SMILES string of the molecule is CC(=CCl)CN1CCCNC(C2CC2)C1. The number of rotatable bonds is 3. The van der Waals surface area contributed by atoms with Gasteiger partial charge in [0.05, 0.1) is 0 Å². The Labute approximate surface area is 97.7 Å². The monoisotopic (exact) mass is 228 g/mol. The summed E-state index contributed by atoms with van der Waals surface area (Å²) in [7, 11) is 0. The van der Waals surface area contributed by atoms with Gasteiger partial charge in [-0.25, -0.2) is 0 Å². The third kappa shape index (κ3) is 3.47. The van der Waals surface area contributed by atoms with Crippen molar-refractivity contribution >= 4 is 11.6 Å². The van der Waals surface area contributed by atoms with Gasteiger partial charge < -0.3 is 5.32 Å². The van der Waals surface area contributed by atoms with Crippen LogP contribution in [0.15, 0.2) is 11.1 Å². The molecule has 1 N–H and O–H groups in total. The third-order valence-electron chi connectivity index (χ3n) is 3.36. The summed E-state index contributed by atoms with van der Waals surface area (Å²) in [5, 5.41) is 3.67. The minimum absolute atomic E-state index is 0.732. The van der Waals surface area contributed by atoms with Gasteiger partial charge in [0.2, 0.25) is 0 Å². The van der Waals surface area contributed by atoms with Crippen LogP contribution >= 0.6 is 11.6 Å². The molecule has 15 heavy (non-hydrogen) atoms. The van der Waals surface area contributed by atoms with Crippen LogP contribution in [0.5, 0.6) is 0 Å². The molecule has 2 rings (SSSR count). The van der Waals surface area contributed by atoms with Gasteiger partial charge in [-0.1, -0.05) is 11.6 Å². The predicted octanol–water partition coefficient (Wildman–Crippen LogP) is 2.20. The zero-order valence-electron chi connectivity index (χ0n) is 9.51. The fourth-order valence-electron chi connectivity index (χ4n) is 2.37. The number of nitrogens with one attached hydrogen (secondary N) is 1. The van der Waals surface area contributed by atoms with Gasteiger partial charge in [0, 0.05) is 24.7 Å². The number of hydrogen-bond acceptors (Lipinski definition) is 2. The molecule has 2 nitrogen and oxygen atoms in total. The smallest absolute Gasteiger partial charge is 0.0223 e. The van der Waals surface area contributed by atoms with E-state index in [1.165, 1.54) is 44.5 Å². The van der Waals surface area contributed by atoms with Crippen molar-refractivity contribution in [2.45, 2.75) is 32.2 Å². The first-order valence-electron chi connectivity index (χ1n) is 6.01. The van der Waals surface area contributed by atoms with Crippen LogP contribution in [0.1, 0.15) is 26.2 Å². The summed E-state index contributed by atoms with van der Waals surface area (Å²) >= 11 is 5.72. The first-order chi connectivity index (χ1) is 7.29. The van der Waals surface area contributed by atoms with E-state index in [1.54, 1.807) is 5.54 Å². The molecule has 1 saturated heterocycles. The molecule has 86 valence electrons. The Kier molecular flexibility index (Phi) is 4.06. The Morgan fingerprint density at radius 1 is 1.53 bits per heavy atom. The van der Waals surface area contributed by atoms with E-state index >= 15 is 0 Å². The van der Waals surface area contributed by atoms with Crippen LogP contribution in [0.2, 0.25) is 0 Å². The lowest BCUT2D eigenvalue weighted by Crippen LogP contribution is -2.39. The average molecular weight is 229 g/mol. The minimum atomic E-state index is 0.732. The predicted molar refractivity (Wildman–Crippen MR) is 65.2 cm³/mol. The second-order valence-corrected chi connectivity index (χ2v) is 5.16. The average Bonchev–Trinajstić information content (AvgIpc) is 3.03. The first-order valence-corrected chi connectivity index (χ1v) is 6.45. The van der Waals surface area contributed by atoms with Gasteiger partial charge in [0.15, 0.2) is 0 Å². The van der Waals surface area contributed by atoms with Crippen molar-refractivity contribution in [1.82, 2.24) is 10.2 Å². The quantitative estimate of drug-likeness (QED) is 0.797. The Balaban J connectivity index is 1.86. The molecule has 0 aromatic rings. The molecule has 1 aliphatic heterocycles. The van der Waals surface area contributed by atoms with Gasteiger partial charge in [-0.2, -0.15) is 0 Å². The lowest BCUT2D eigenvalue weighted by molar-refractivity contribution is 0.278. The molecule has 1 aliphatic carbocycles. The Morgan fingerprint density at radius 2 is 2.33 bits per heavy atom. The highest BCUT2D eigenvalue weighted by Crippen LogP contribution is 2.33. The molecule has 2 fully saturated rings. The maximum atomic E-state index is 5.72. The van der Waals surface area contributed by atoms with E-state index in [2.05, 4.69) is 17.1 Å². The second-order valence-electron chi connectivity index (χ2n) is 4.94. The Morgan fingerprint density at radius 3 is 3.00 bits per heavy atom. The number of halogens is 1. The fourth-order valence-corrected chi connectivity index (χ4v) is 2.44. The fraction of sp³-hybridized carbons (Fsp3) is 0.833. The molecule has 3 heteroatoms. The molecule has 1 saturated carbocycles. The summed E-state index contributed by atoms with van der Waals surface area (Å²) in [5.74, 6) is 0.950. The standard InChI is InChI=1S/C12H21ClN2/c1-10(7-13)8-15-6-2-5-14-12(9-15)11-3-4-11/h7,11-12,14H,2-6,8-9H2,1H3. The van der Waals surface area contributed by atoms with Crippen LogP contribution in [0.25, 0.3) is 0 Å². The molecule has 1 atom stereocenters. The highest BCUT2D eigenvalue weighted by Gasteiger charge is 2.32. The van der Waals surface area contributed by atoms with Crippen molar-refractivity contribution in [3.63, 3.8) is 0 Å². The van der Waals surface area contributed by atoms with Gasteiger partial charge in [-0.3, -0.25) is 4.90 Å². The first kappa shape index (κ1) is 11.4. The summed E-state index contributed by atoms with van der Waals surface area (Å²) in [4.78, 5) is 2.54. The summed E-state index contributed by atoms with van der Waals surface area (Å²) in [6, 6.07) is 0.732. The second kappa shape index (κ2) is 5.33. The van der Waals surface area contributed by atoms with Crippen molar-refractivity contribution in [2.75, 3.05) is 26.2 Å². The molecule has 0 aromatic carbocycles. The van der Waals surface area contributed by atoms with Crippen molar-refractivity contribution in [3.05, 3.63) is 11.1 Å². The van der Waals surface area contributed by atoms with Crippen LogP contribution in [-0.2, 0) is 0 Å². The van der Waals surface area contributed by atoms with Crippen LogP contribution in [0.3, 0.4) is 0 Å². The molecule has 0 aromatic heterocycles. The van der Waals surface area contributed by atoms with E-state index < -0.39 is 0 Å². The molecule has 0 bridgehead atoms. The zero-order chi connectivity index (χ0) is 10.7. The largest absolute Gasteiger partial charge is 0.312 e. The Bertz CT molecular complexity index is 236. The van der Waals surface area contributed by atoms with Crippen LogP contribution < -0.4 is 5.32 Å². The van der Waals surface area contributed by atoms with Gasteiger partial charge in [-0.05, 0) is 50.8 Å². The maximum Gasteiger partial charge on any atom is 0.0223 e. The topological polar surface area (TPSA) is 15.3 Å². The normalized spacial score (nSPS) is 30.3. The molecule has 0 radical (unpaired) electrons. The number of hydrogen-bond donors (Lipinski definition) is 1. The molecule has 0 spiro atoms. The van der Waals surface area contributed by atoms with Crippen LogP contribution in [0, 0.1) is 5.92 Å². The maximum absolute atomic E-state index is 5.72. The minimum Gasteiger partial charge on any atom is -0.312 e. The molecule has 1 heterocycles. The van der Waals surface area contributed by atoms with Crippen molar-refractivity contribution in [2.24, 2.45) is 5.92 Å². The Hall–Kier alpha value is -0.0500. The van der Waals surface area contributed by atoms with Crippen molar-refractivity contribution in [3.8, 4) is 0 Å². The summed E-state index contributed by atoms with van der Waals surface area (Å²) < 4.78 is 0. The molecule has 2 aliphatic rings. The summed E-state index contributed by atoms with van der Waals surface area (Å²) in [6.45, 7) is 6.73. The summed E-state index contributed by atoms with van der Waals surface area (Å²) in [6.07, 6.45) is 4.12. The van der Waals surface area contributed by atoms with Gasteiger partial charge in [0.25, 0.3) is 0 Å². The van der Waals surface area contributed by atoms with E-state index in [9.17, 15) is 0 Å². The highest BCUT2D eigenvalue weighted by molar-refractivity contribution is 6.25. The van der Waals surface area contributed by atoms with Crippen LogP contribution in [-0.4, -0.2) is 37.1 Å². The van der Waals surface area contributed by atoms with Gasteiger partial charge in [0.1, 0.15) is 0 Å². The molecular weight excluding hydrogens is 208 g/mol. The highest BCUT2D eigenvalue weighted by atomic mass is 35.5. The van der Waals surface area contributed by atoms with Gasteiger partial charge in [-0.15, -0.1) is 0 Å².